The van der Waals surface area contributed by atoms with Gasteiger partial charge in [-0.1, -0.05) is 6.92 Å². The van der Waals surface area contributed by atoms with Gasteiger partial charge in [0.25, 0.3) is 0 Å². The van der Waals surface area contributed by atoms with E-state index >= 15 is 0 Å². The number of hydrogen-bond donors (Lipinski definition) is 1. The monoisotopic (exact) mass is 143 g/mol. The molecule has 0 spiro atoms. The van der Waals surface area contributed by atoms with Crippen molar-refractivity contribution < 1.29 is 4.74 Å². The Morgan fingerprint density at radius 2 is 2.30 bits per heavy atom. The van der Waals surface area contributed by atoms with E-state index in [9.17, 15) is 0 Å². The van der Waals surface area contributed by atoms with Crippen molar-refractivity contribution in [1.82, 2.24) is 5.32 Å². The fraction of sp³-hybridized carbons (Fsp3) is 1.00. The molecule has 0 bridgehead atoms. The fourth-order valence-corrected chi connectivity index (χ4v) is 1.63. The molecule has 1 aliphatic carbocycles. The average Bonchev–Trinajstić information content (AvgIpc) is 2.37. The van der Waals surface area contributed by atoms with Gasteiger partial charge in [0.05, 0.1) is 6.10 Å². The summed E-state index contributed by atoms with van der Waals surface area (Å²) in [7, 11) is 1.80. The Balaban J connectivity index is 2.15. The molecule has 0 aromatic heterocycles. The van der Waals surface area contributed by atoms with Crippen LogP contribution in [0.25, 0.3) is 0 Å². The molecule has 1 aliphatic rings. The van der Waals surface area contributed by atoms with Crippen LogP contribution in [0.3, 0.4) is 0 Å². The molecule has 0 saturated heterocycles. The second-order valence-electron chi connectivity index (χ2n) is 2.93. The van der Waals surface area contributed by atoms with Crippen LogP contribution in [0.2, 0.25) is 0 Å². The summed E-state index contributed by atoms with van der Waals surface area (Å²) in [5, 5.41) is 3.43. The summed E-state index contributed by atoms with van der Waals surface area (Å²) in [4.78, 5) is 0. The molecule has 0 heterocycles. The molecule has 1 saturated carbocycles. The van der Waals surface area contributed by atoms with Crippen molar-refractivity contribution in [3.63, 3.8) is 0 Å². The van der Waals surface area contributed by atoms with Gasteiger partial charge in [-0.2, -0.15) is 0 Å². The van der Waals surface area contributed by atoms with E-state index in [1.165, 1.54) is 19.3 Å². The molecule has 2 nitrogen and oxygen atoms in total. The maximum absolute atomic E-state index is 5.25. The van der Waals surface area contributed by atoms with Crippen LogP contribution >= 0.6 is 0 Å². The van der Waals surface area contributed by atoms with E-state index in [0.717, 1.165) is 12.6 Å². The predicted octanol–water partition coefficient (Wildman–Crippen LogP) is 1.16. The highest BCUT2D eigenvalue weighted by molar-refractivity contribution is 4.80. The minimum Gasteiger partial charge on any atom is -0.381 e. The molecular weight excluding hydrogens is 126 g/mol. The van der Waals surface area contributed by atoms with Crippen molar-refractivity contribution in [2.24, 2.45) is 0 Å². The Kier molecular flexibility index (Phi) is 3.16. The fourth-order valence-electron chi connectivity index (χ4n) is 1.63. The Hall–Kier alpha value is -0.0800. The third kappa shape index (κ3) is 1.96. The van der Waals surface area contributed by atoms with E-state index in [-0.39, 0.29) is 0 Å². The zero-order chi connectivity index (χ0) is 7.40. The first-order valence-corrected chi connectivity index (χ1v) is 4.13. The van der Waals surface area contributed by atoms with Crippen LogP contribution in [-0.4, -0.2) is 25.8 Å². The lowest BCUT2D eigenvalue weighted by atomic mass is 10.2. The minimum atomic E-state index is 0.518. The van der Waals surface area contributed by atoms with Crippen LogP contribution in [0.5, 0.6) is 0 Å². The van der Waals surface area contributed by atoms with Crippen LogP contribution in [0.4, 0.5) is 0 Å². The van der Waals surface area contributed by atoms with E-state index < -0.39 is 0 Å². The maximum atomic E-state index is 5.25. The number of rotatable bonds is 3. The van der Waals surface area contributed by atoms with Gasteiger partial charge in [0.2, 0.25) is 0 Å². The SMILES string of the molecule is CCN[C@H]1CC[C@@H](OC)C1. The van der Waals surface area contributed by atoms with Crippen molar-refractivity contribution in [3.8, 4) is 0 Å². The number of nitrogens with one attached hydrogen (secondary N) is 1. The minimum absolute atomic E-state index is 0.518. The normalized spacial score (nSPS) is 33.0. The first kappa shape index (κ1) is 8.02. The Morgan fingerprint density at radius 3 is 2.80 bits per heavy atom. The molecular formula is C8H17NO. The molecule has 1 N–H and O–H groups in total. The van der Waals surface area contributed by atoms with Gasteiger partial charge < -0.3 is 10.1 Å². The van der Waals surface area contributed by atoms with Gasteiger partial charge in [0.1, 0.15) is 0 Å². The number of methoxy groups -OCH3 is 1. The van der Waals surface area contributed by atoms with Crippen molar-refractivity contribution >= 4 is 0 Å². The van der Waals surface area contributed by atoms with Gasteiger partial charge >= 0.3 is 0 Å². The summed E-state index contributed by atoms with van der Waals surface area (Å²) in [5.74, 6) is 0. The van der Waals surface area contributed by atoms with Gasteiger partial charge in [-0.15, -0.1) is 0 Å². The second kappa shape index (κ2) is 3.94. The van der Waals surface area contributed by atoms with Crippen molar-refractivity contribution in [2.45, 2.75) is 38.3 Å². The molecule has 0 aliphatic heterocycles. The van der Waals surface area contributed by atoms with E-state index in [0.29, 0.717) is 6.10 Å². The van der Waals surface area contributed by atoms with Crippen LogP contribution in [0.1, 0.15) is 26.2 Å². The summed E-state index contributed by atoms with van der Waals surface area (Å²) in [6.45, 7) is 3.24. The van der Waals surface area contributed by atoms with Crippen molar-refractivity contribution in [2.75, 3.05) is 13.7 Å². The molecule has 60 valence electrons. The molecule has 2 atom stereocenters. The molecule has 1 rings (SSSR count). The van der Waals surface area contributed by atoms with Gasteiger partial charge in [-0.25, -0.2) is 0 Å². The standard InChI is InChI=1S/C8H17NO/c1-3-9-7-4-5-8(6-7)10-2/h7-9H,3-6H2,1-2H3/t7-,8+/m0/s1. The third-order valence-electron chi connectivity index (χ3n) is 2.21. The smallest absolute Gasteiger partial charge is 0.0586 e. The molecule has 0 unspecified atom stereocenters. The highest BCUT2D eigenvalue weighted by atomic mass is 16.5. The van der Waals surface area contributed by atoms with Crippen LogP contribution in [0.15, 0.2) is 0 Å². The Labute approximate surface area is 63.0 Å². The lowest BCUT2D eigenvalue weighted by Crippen LogP contribution is -2.26. The lowest BCUT2D eigenvalue weighted by Gasteiger charge is -2.09. The number of hydrogen-bond acceptors (Lipinski definition) is 2. The van der Waals surface area contributed by atoms with Gasteiger partial charge in [0, 0.05) is 13.2 Å². The Morgan fingerprint density at radius 1 is 1.50 bits per heavy atom. The summed E-state index contributed by atoms with van der Waals surface area (Å²) >= 11 is 0. The van der Waals surface area contributed by atoms with E-state index in [2.05, 4.69) is 12.2 Å². The molecule has 0 radical (unpaired) electrons. The zero-order valence-electron chi connectivity index (χ0n) is 6.89. The molecule has 0 aromatic rings. The average molecular weight is 143 g/mol. The zero-order valence-corrected chi connectivity index (χ0v) is 6.89. The first-order valence-electron chi connectivity index (χ1n) is 4.13. The third-order valence-corrected chi connectivity index (χ3v) is 2.21. The van der Waals surface area contributed by atoms with Crippen LogP contribution < -0.4 is 5.32 Å². The molecule has 10 heavy (non-hydrogen) atoms. The molecule has 2 heteroatoms. The van der Waals surface area contributed by atoms with Crippen molar-refractivity contribution in [1.29, 1.82) is 0 Å². The topological polar surface area (TPSA) is 21.3 Å². The summed E-state index contributed by atoms with van der Waals surface area (Å²) < 4.78 is 5.25. The van der Waals surface area contributed by atoms with Crippen LogP contribution in [0, 0.1) is 0 Å². The summed E-state index contributed by atoms with van der Waals surface area (Å²) in [5.41, 5.74) is 0. The van der Waals surface area contributed by atoms with Gasteiger partial charge in [-0.05, 0) is 25.8 Å². The second-order valence-corrected chi connectivity index (χ2v) is 2.93. The summed E-state index contributed by atoms with van der Waals surface area (Å²) in [6.07, 6.45) is 4.23. The summed E-state index contributed by atoms with van der Waals surface area (Å²) in [6, 6.07) is 0.718. The first-order chi connectivity index (χ1) is 4.86. The highest BCUT2D eigenvalue weighted by Gasteiger charge is 2.22. The van der Waals surface area contributed by atoms with Gasteiger partial charge in [0.15, 0.2) is 0 Å². The molecule has 0 aromatic carbocycles. The Bertz CT molecular complexity index is 95.3. The van der Waals surface area contributed by atoms with Gasteiger partial charge in [-0.3, -0.25) is 0 Å². The lowest BCUT2D eigenvalue weighted by molar-refractivity contribution is 0.107. The largest absolute Gasteiger partial charge is 0.381 e. The van der Waals surface area contributed by atoms with Crippen molar-refractivity contribution in [3.05, 3.63) is 0 Å². The van der Waals surface area contributed by atoms with Crippen LogP contribution in [-0.2, 0) is 4.74 Å². The van der Waals surface area contributed by atoms with E-state index in [4.69, 9.17) is 4.74 Å². The predicted molar refractivity (Wildman–Crippen MR) is 42.1 cm³/mol. The quantitative estimate of drug-likeness (QED) is 0.640. The highest BCUT2D eigenvalue weighted by Crippen LogP contribution is 2.20. The molecule has 1 fully saturated rings. The molecule has 0 amide bonds. The maximum Gasteiger partial charge on any atom is 0.0586 e. The van der Waals surface area contributed by atoms with E-state index in [1.807, 2.05) is 0 Å². The van der Waals surface area contributed by atoms with E-state index in [1.54, 1.807) is 7.11 Å². The number of ether oxygens (including phenoxy) is 1.